The van der Waals surface area contributed by atoms with Crippen LogP contribution in [-0.2, 0) is 4.79 Å². The molecule has 0 aromatic heterocycles. The predicted molar refractivity (Wildman–Crippen MR) is 110 cm³/mol. The number of ether oxygens (including phenoxy) is 1. The summed E-state index contributed by atoms with van der Waals surface area (Å²) in [5, 5.41) is 4.69. The van der Waals surface area contributed by atoms with Crippen LogP contribution in [0.3, 0.4) is 0 Å². The first-order valence-electron chi connectivity index (χ1n) is 8.18. The zero-order valence-electron chi connectivity index (χ0n) is 14.2. The monoisotopic (exact) mass is 398 g/mol. The number of nitrogens with one attached hydrogen (secondary N) is 1. The van der Waals surface area contributed by atoms with E-state index in [0.29, 0.717) is 21.4 Å². The summed E-state index contributed by atoms with van der Waals surface area (Å²) in [6.45, 7) is -0.162. The Morgan fingerprint density at radius 1 is 0.963 bits per heavy atom. The highest BCUT2D eigenvalue weighted by Crippen LogP contribution is 2.29. The van der Waals surface area contributed by atoms with E-state index in [2.05, 4.69) is 10.5 Å². The normalized spacial score (nSPS) is 10.7. The van der Waals surface area contributed by atoms with Crippen LogP contribution in [0.4, 0.5) is 0 Å². The van der Waals surface area contributed by atoms with Gasteiger partial charge in [-0.05, 0) is 17.7 Å². The van der Waals surface area contributed by atoms with Gasteiger partial charge in [0.15, 0.2) is 6.61 Å². The molecule has 0 aliphatic carbocycles. The molecule has 4 nitrogen and oxygen atoms in total. The minimum Gasteiger partial charge on any atom is -0.483 e. The first-order chi connectivity index (χ1) is 13.1. The first kappa shape index (κ1) is 19.0. The fraction of sp³-hybridized carbons (Fsp3) is 0.0476. The number of nitrogens with zero attached hydrogens (tertiary/aromatic N) is 1. The molecule has 0 atom stereocenters. The van der Waals surface area contributed by atoms with Crippen LogP contribution in [0.15, 0.2) is 77.9 Å². The minimum atomic E-state index is -0.382. The van der Waals surface area contributed by atoms with Crippen LogP contribution in [0.2, 0.25) is 10.0 Å². The summed E-state index contributed by atoms with van der Waals surface area (Å²) in [5.41, 5.74) is 4.95. The lowest BCUT2D eigenvalue weighted by atomic mass is 10.1. The van der Waals surface area contributed by atoms with E-state index in [-0.39, 0.29) is 12.5 Å². The summed E-state index contributed by atoms with van der Waals surface area (Å²) in [6, 6.07) is 22.6. The van der Waals surface area contributed by atoms with Gasteiger partial charge in [-0.1, -0.05) is 83.9 Å². The molecule has 0 heterocycles. The Bertz CT molecular complexity index is 959. The fourth-order valence-electron chi connectivity index (χ4n) is 2.42. The van der Waals surface area contributed by atoms with E-state index in [9.17, 15) is 4.79 Å². The summed E-state index contributed by atoms with van der Waals surface area (Å²) >= 11 is 12.0. The summed E-state index contributed by atoms with van der Waals surface area (Å²) in [7, 11) is 0. The average molecular weight is 399 g/mol. The number of hydrogen-bond acceptors (Lipinski definition) is 3. The maximum Gasteiger partial charge on any atom is 0.277 e. The minimum absolute atomic E-state index is 0.162. The van der Waals surface area contributed by atoms with Crippen molar-refractivity contribution in [3.8, 4) is 16.9 Å². The lowest BCUT2D eigenvalue weighted by molar-refractivity contribution is -0.123. The van der Waals surface area contributed by atoms with Gasteiger partial charge in [0.25, 0.3) is 5.91 Å². The molecule has 3 rings (SSSR count). The molecule has 3 aromatic rings. The molecular weight excluding hydrogens is 383 g/mol. The Balaban J connectivity index is 1.60. The number of rotatable bonds is 6. The maximum absolute atomic E-state index is 12.0. The Hall–Kier alpha value is -2.82. The molecule has 3 aromatic carbocycles. The van der Waals surface area contributed by atoms with Gasteiger partial charge in [0.05, 0.1) is 16.3 Å². The zero-order valence-corrected chi connectivity index (χ0v) is 15.7. The molecule has 0 spiro atoms. The van der Waals surface area contributed by atoms with Gasteiger partial charge in [0.1, 0.15) is 5.75 Å². The number of halogens is 2. The molecular formula is C21H16Cl2N2O2. The van der Waals surface area contributed by atoms with Crippen LogP contribution < -0.4 is 10.2 Å². The second-order valence-corrected chi connectivity index (χ2v) is 6.37. The third kappa shape index (κ3) is 5.09. The molecule has 0 radical (unpaired) electrons. The van der Waals surface area contributed by atoms with Crippen molar-refractivity contribution in [2.24, 2.45) is 5.10 Å². The molecule has 0 aliphatic heterocycles. The van der Waals surface area contributed by atoms with Gasteiger partial charge in [-0.15, -0.1) is 0 Å². The molecule has 6 heteroatoms. The molecule has 0 bridgehead atoms. The van der Waals surface area contributed by atoms with Crippen molar-refractivity contribution in [2.45, 2.75) is 0 Å². The smallest absolute Gasteiger partial charge is 0.277 e. The van der Waals surface area contributed by atoms with E-state index in [1.807, 2.05) is 54.6 Å². The molecule has 1 amide bonds. The zero-order chi connectivity index (χ0) is 19.1. The fourth-order valence-corrected chi connectivity index (χ4v) is 2.77. The van der Waals surface area contributed by atoms with E-state index in [1.54, 1.807) is 18.2 Å². The number of amides is 1. The Morgan fingerprint density at radius 2 is 1.70 bits per heavy atom. The molecule has 1 N–H and O–H groups in total. The maximum atomic E-state index is 12.0. The number of benzene rings is 3. The molecule has 27 heavy (non-hydrogen) atoms. The third-order valence-electron chi connectivity index (χ3n) is 3.70. The highest BCUT2D eigenvalue weighted by Gasteiger charge is 2.08. The highest BCUT2D eigenvalue weighted by molar-refractivity contribution is 6.43. The first-order valence-corrected chi connectivity index (χ1v) is 8.94. The SMILES string of the molecule is O=C(COc1ccccc1-c1ccccc1)N/N=C\c1cccc(Cl)c1Cl. The topological polar surface area (TPSA) is 50.7 Å². The number of carbonyl (C=O) groups is 1. The quantitative estimate of drug-likeness (QED) is 0.458. The van der Waals surface area contributed by atoms with E-state index in [0.717, 1.165) is 11.1 Å². The average Bonchev–Trinajstić information content (AvgIpc) is 2.70. The highest BCUT2D eigenvalue weighted by atomic mass is 35.5. The largest absolute Gasteiger partial charge is 0.483 e. The van der Waals surface area contributed by atoms with Crippen molar-refractivity contribution < 1.29 is 9.53 Å². The summed E-state index contributed by atoms with van der Waals surface area (Å²) < 4.78 is 5.67. The van der Waals surface area contributed by atoms with Crippen LogP contribution in [-0.4, -0.2) is 18.7 Å². The van der Waals surface area contributed by atoms with Crippen molar-refractivity contribution >= 4 is 35.3 Å². The van der Waals surface area contributed by atoms with Gasteiger partial charge in [0, 0.05) is 11.1 Å². The molecule has 0 fully saturated rings. The molecule has 136 valence electrons. The summed E-state index contributed by atoms with van der Waals surface area (Å²) in [5.74, 6) is 0.244. The Labute approximate surface area is 167 Å². The molecule has 0 saturated carbocycles. The lowest BCUT2D eigenvalue weighted by Gasteiger charge is -2.10. The summed E-state index contributed by atoms with van der Waals surface area (Å²) in [4.78, 5) is 12.0. The van der Waals surface area contributed by atoms with Crippen molar-refractivity contribution in [3.05, 3.63) is 88.4 Å². The van der Waals surface area contributed by atoms with Crippen LogP contribution in [0.1, 0.15) is 5.56 Å². The van der Waals surface area contributed by atoms with Crippen molar-refractivity contribution in [1.82, 2.24) is 5.43 Å². The van der Waals surface area contributed by atoms with Crippen LogP contribution >= 0.6 is 23.2 Å². The number of hydrogen-bond donors (Lipinski definition) is 1. The molecule has 0 aliphatic rings. The van der Waals surface area contributed by atoms with Crippen LogP contribution in [0.25, 0.3) is 11.1 Å². The molecule has 0 saturated heterocycles. The van der Waals surface area contributed by atoms with Crippen LogP contribution in [0, 0.1) is 0 Å². The van der Waals surface area contributed by atoms with Crippen LogP contribution in [0.5, 0.6) is 5.75 Å². The number of para-hydroxylation sites is 1. The van der Waals surface area contributed by atoms with E-state index in [1.165, 1.54) is 6.21 Å². The lowest BCUT2D eigenvalue weighted by Crippen LogP contribution is -2.24. The second-order valence-electron chi connectivity index (χ2n) is 5.59. The van der Waals surface area contributed by atoms with Gasteiger partial charge in [0.2, 0.25) is 0 Å². The van der Waals surface area contributed by atoms with E-state index < -0.39 is 0 Å². The summed E-state index contributed by atoms with van der Waals surface area (Å²) in [6.07, 6.45) is 1.43. The number of hydrazone groups is 1. The Kier molecular flexibility index (Phi) is 6.47. The van der Waals surface area contributed by atoms with Gasteiger partial charge in [-0.25, -0.2) is 5.43 Å². The second kappa shape index (κ2) is 9.21. The van der Waals surface area contributed by atoms with Gasteiger partial charge < -0.3 is 4.74 Å². The Morgan fingerprint density at radius 3 is 2.52 bits per heavy atom. The van der Waals surface area contributed by atoms with Gasteiger partial charge >= 0.3 is 0 Å². The van der Waals surface area contributed by atoms with Gasteiger partial charge in [-0.3, -0.25) is 4.79 Å². The standard InChI is InChI=1S/C21H16Cl2N2O2/c22-18-11-6-9-16(21(18)23)13-24-25-20(26)14-27-19-12-5-4-10-17(19)15-7-2-1-3-8-15/h1-13H,14H2,(H,25,26)/b24-13-. The van der Waals surface area contributed by atoms with E-state index >= 15 is 0 Å². The van der Waals surface area contributed by atoms with Crippen molar-refractivity contribution in [1.29, 1.82) is 0 Å². The predicted octanol–water partition coefficient (Wildman–Crippen LogP) is 5.19. The van der Waals surface area contributed by atoms with Crippen molar-refractivity contribution in [2.75, 3.05) is 6.61 Å². The third-order valence-corrected chi connectivity index (χ3v) is 4.54. The van der Waals surface area contributed by atoms with Gasteiger partial charge in [-0.2, -0.15) is 5.10 Å². The molecule has 0 unspecified atom stereocenters. The van der Waals surface area contributed by atoms with Crippen molar-refractivity contribution in [3.63, 3.8) is 0 Å². The van der Waals surface area contributed by atoms with E-state index in [4.69, 9.17) is 27.9 Å². The number of carbonyl (C=O) groups excluding carboxylic acids is 1.